The largest absolute Gasteiger partial charge is 0.396 e. The first-order valence-corrected chi connectivity index (χ1v) is 15.0. The zero-order valence-corrected chi connectivity index (χ0v) is 23.7. The highest BCUT2D eigenvalue weighted by Crippen LogP contribution is 2.77. The van der Waals surface area contributed by atoms with Crippen LogP contribution in [0.4, 0.5) is 4.39 Å². The van der Waals surface area contributed by atoms with Crippen LogP contribution in [0.15, 0.2) is 24.3 Å². The highest BCUT2D eigenvalue weighted by atomic mass is 19.1. The van der Waals surface area contributed by atoms with Gasteiger partial charge in [0.15, 0.2) is 0 Å². The summed E-state index contributed by atoms with van der Waals surface area (Å²) in [6, 6.07) is 5.80. The molecule has 1 nitrogen and oxygen atoms in total. The van der Waals surface area contributed by atoms with E-state index in [1.54, 1.807) is 6.07 Å². The Bertz CT molecular complexity index is 1090. The van der Waals surface area contributed by atoms with Crippen LogP contribution in [0.1, 0.15) is 110 Å². The predicted molar refractivity (Wildman–Crippen MR) is 147 cm³/mol. The summed E-state index contributed by atoms with van der Waals surface area (Å²) in [5, 5.41) is 10.5. The van der Waals surface area contributed by atoms with Crippen LogP contribution in [0.5, 0.6) is 0 Å². The molecule has 4 saturated carbocycles. The average Bonchev–Trinajstić information content (AvgIpc) is 3.25. The second-order valence-electron chi connectivity index (χ2n) is 15.2. The lowest BCUT2D eigenvalue weighted by atomic mass is 9.33. The molecule has 1 N–H and O–H groups in total. The predicted octanol–water partition coefficient (Wildman–Crippen LogP) is 8.98. The Labute approximate surface area is 219 Å². The summed E-state index contributed by atoms with van der Waals surface area (Å²) < 4.78 is 15.2. The minimum atomic E-state index is -0.0577. The summed E-state index contributed by atoms with van der Waals surface area (Å²) in [6.07, 6.45) is 15.2. The van der Waals surface area contributed by atoms with Gasteiger partial charge in [-0.25, -0.2) is 4.39 Å². The van der Waals surface area contributed by atoms with Crippen molar-refractivity contribution in [2.24, 2.45) is 50.7 Å². The fraction of sp³-hybridized carbons (Fsp3) is 0.765. The molecule has 5 aliphatic rings. The molecule has 0 spiro atoms. The van der Waals surface area contributed by atoms with Gasteiger partial charge >= 0.3 is 0 Å². The smallest absolute Gasteiger partial charge is 0.130 e. The number of hydrogen-bond donors (Lipinski definition) is 1. The lowest BCUT2D eigenvalue weighted by Gasteiger charge is -2.72. The first-order valence-electron chi connectivity index (χ1n) is 15.0. The molecule has 36 heavy (non-hydrogen) atoms. The Morgan fingerprint density at radius 3 is 2.36 bits per heavy atom. The van der Waals surface area contributed by atoms with Crippen LogP contribution in [0, 0.1) is 63.5 Å². The SMILES string of the molecule is Cc1ccc(C2=CCC3(C)C(CCC4(C)C3CCC3C5CCCC5(CO)CC[C@]34C)C2(C)C)c(F)c1. The third-order valence-corrected chi connectivity index (χ3v) is 13.8. The van der Waals surface area contributed by atoms with Crippen molar-refractivity contribution >= 4 is 5.57 Å². The first kappa shape index (κ1) is 25.1. The van der Waals surface area contributed by atoms with E-state index < -0.39 is 0 Å². The van der Waals surface area contributed by atoms with Crippen LogP contribution in [0.2, 0.25) is 0 Å². The van der Waals surface area contributed by atoms with E-state index in [1.807, 2.05) is 13.0 Å². The number of aliphatic hydroxyl groups excluding tert-OH is 1. The molecule has 0 heterocycles. The van der Waals surface area contributed by atoms with E-state index in [1.165, 1.54) is 63.4 Å². The number of halogens is 1. The quantitative estimate of drug-likeness (QED) is 0.437. The number of rotatable bonds is 2. The van der Waals surface area contributed by atoms with Crippen molar-refractivity contribution in [3.63, 3.8) is 0 Å². The second kappa shape index (κ2) is 7.93. The lowest BCUT2D eigenvalue weighted by Crippen LogP contribution is -2.65. The minimum absolute atomic E-state index is 0.0355. The minimum Gasteiger partial charge on any atom is -0.396 e. The van der Waals surface area contributed by atoms with Gasteiger partial charge in [0.1, 0.15) is 5.82 Å². The maximum absolute atomic E-state index is 15.2. The molecule has 0 amide bonds. The second-order valence-corrected chi connectivity index (χ2v) is 15.2. The van der Waals surface area contributed by atoms with Crippen molar-refractivity contribution in [2.75, 3.05) is 6.61 Å². The summed E-state index contributed by atoms with van der Waals surface area (Å²) in [5.74, 6) is 2.73. The molecule has 1 aromatic rings. The van der Waals surface area contributed by atoms with Crippen molar-refractivity contribution in [3.05, 3.63) is 41.2 Å². The highest BCUT2D eigenvalue weighted by Gasteiger charge is 2.69. The van der Waals surface area contributed by atoms with Gasteiger partial charge in [0, 0.05) is 12.2 Å². The molecule has 0 radical (unpaired) electrons. The molecule has 198 valence electrons. The molecule has 8 atom stereocenters. The normalized spacial score (nSPS) is 47.3. The van der Waals surface area contributed by atoms with Gasteiger partial charge in [-0.1, -0.05) is 59.2 Å². The Balaban J connectivity index is 1.38. The zero-order chi connectivity index (χ0) is 25.7. The molecule has 6 rings (SSSR count). The highest BCUT2D eigenvalue weighted by molar-refractivity contribution is 5.72. The molecule has 0 saturated heterocycles. The number of aryl methyl sites for hydroxylation is 1. The average molecular weight is 493 g/mol. The lowest BCUT2D eigenvalue weighted by molar-refractivity contribution is -0.225. The summed E-state index contributed by atoms with van der Waals surface area (Å²) in [6.45, 7) is 15.2. The van der Waals surface area contributed by atoms with Gasteiger partial charge in [0.2, 0.25) is 0 Å². The van der Waals surface area contributed by atoms with Gasteiger partial charge < -0.3 is 5.11 Å². The van der Waals surface area contributed by atoms with Gasteiger partial charge in [-0.05, 0) is 133 Å². The van der Waals surface area contributed by atoms with Crippen molar-refractivity contribution in [2.45, 2.75) is 106 Å². The van der Waals surface area contributed by atoms with E-state index in [0.29, 0.717) is 29.3 Å². The molecule has 5 aliphatic carbocycles. The van der Waals surface area contributed by atoms with Crippen LogP contribution in [-0.4, -0.2) is 11.7 Å². The van der Waals surface area contributed by atoms with E-state index in [4.69, 9.17) is 0 Å². The Morgan fingerprint density at radius 1 is 0.861 bits per heavy atom. The Morgan fingerprint density at radius 2 is 1.64 bits per heavy atom. The monoisotopic (exact) mass is 492 g/mol. The Hall–Kier alpha value is -1.15. The van der Waals surface area contributed by atoms with Gasteiger partial charge in [-0.15, -0.1) is 0 Å². The molecule has 0 aromatic heterocycles. The fourth-order valence-corrected chi connectivity index (χ4v) is 11.9. The van der Waals surface area contributed by atoms with Crippen LogP contribution < -0.4 is 0 Å². The standard InChI is InChI=1S/C34H49FO/c1-22-9-10-23(27(35)20-22)24-13-16-31(4)28(30(24,2)3)14-17-33(6)29(31)12-11-25-26-8-7-15-34(26,21-36)19-18-32(25,33)5/h9-10,13,20,25-26,28-29,36H,7-8,11-12,14-19,21H2,1-6H3/t25?,26?,28?,29?,31?,32-,33?,34?/m1/s1. The zero-order valence-electron chi connectivity index (χ0n) is 23.7. The van der Waals surface area contributed by atoms with Gasteiger partial charge in [0.05, 0.1) is 0 Å². The summed E-state index contributed by atoms with van der Waals surface area (Å²) in [7, 11) is 0. The molecular formula is C34H49FO. The summed E-state index contributed by atoms with van der Waals surface area (Å²) in [4.78, 5) is 0. The third kappa shape index (κ3) is 3.03. The van der Waals surface area contributed by atoms with Crippen molar-refractivity contribution < 1.29 is 9.50 Å². The number of aliphatic hydroxyl groups is 1. The van der Waals surface area contributed by atoms with E-state index in [-0.39, 0.29) is 22.1 Å². The molecule has 0 aliphatic heterocycles. The van der Waals surface area contributed by atoms with E-state index in [0.717, 1.165) is 29.4 Å². The molecule has 7 unspecified atom stereocenters. The van der Waals surface area contributed by atoms with Gasteiger partial charge in [-0.2, -0.15) is 0 Å². The fourth-order valence-electron chi connectivity index (χ4n) is 11.9. The van der Waals surface area contributed by atoms with Crippen LogP contribution in [0.3, 0.4) is 0 Å². The molecular weight excluding hydrogens is 443 g/mol. The maximum atomic E-state index is 15.2. The van der Waals surface area contributed by atoms with Crippen molar-refractivity contribution in [3.8, 4) is 0 Å². The molecule has 0 bridgehead atoms. The number of allylic oxidation sites excluding steroid dienone is 2. The summed E-state index contributed by atoms with van der Waals surface area (Å²) >= 11 is 0. The number of fused-ring (bicyclic) bond motifs is 7. The van der Waals surface area contributed by atoms with Gasteiger partial charge in [-0.3, -0.25) is 0 Å². The maximum Gasteiger partial charge on any atom is 0.130 e. The third-order valence-electron chi connectivity index (χ3n) is 13.8. The van der Waals surface area contributed by atoms with Crippen LogP contribution >= 0.6 is 0 Å². The van der Waals surface area contributed by atoms with E-state index in [2.05, 4.69) is 46.8 Å². The number of hydrogen-bond acceptors (Lipinski definition) is 1. The van der Waals surface area contributed by atoms with E-state index >= 15 is 4.39 Å². The Kier molecular flexibility index (Phi) is 5.54. The van der Waals surface area contributed by atoms with E-state index in [9.17, 15) is 5.11 Å². The van der Waals surface area contributed by atoms with Crippen LogP contribution in [0.25, 0.3) is 5.57 Å². The molecule has 2 heteroatoms. The first-order chi connectivity index (χ1) is 16.9. The molecule has 1 aromatic carbocycles. The van der Waals surface area contributed by atoms with Crippen molar-refractivity contribution in [1.82, 2.24) is 0 Å². The van der Waals surface area contributed by atoms with Gasteiger partial charge in [0.25, 0.3) is 0 Å². The molecule has 4 fully saturated rings. The van der Waals surface area contributed by atoms with Crippen molar-refractivity contribution in [1.29, 1.82) is 0 Å². The number of benzene rings is 1. The topological polar surface area (TPSA) is 20.2 Å². The van der Waals surface area contributed by atoms with Crippen LogP contribution in [-0.2, 0) is 0 Å². The summed E-state index contributed by atoms with van der Waals surface area (Å²) in [5.41, 5.74) is 4.22.